The molecule has 6 heteroatoms. The zero-order valence-corrected chi connectivity index (χ0v) is 16.6. The summed E-state index contributed by atoms with van der Waals surface area (Å²) in [6, 6.07) is 8.43. The molecule has 0 spiro atoms. The van der Waals surface area contributed by atoms with Gasteiger partial charge in [0, 0.05) is 36.7 Å². The van der Waals surface area contributed by atoms with E-state index >= 15 is 0 Å². The van der Waals surface area contributed by atoms with Crippen molar-refractivity contribution in [2.75, 3.05) is 6.54 Å². The van der Waals surface area contributed by atoms with E-state index in [1.165, 1.54) is 6.42 Å². The Morgan fingerprint density at radius 3 is 2.89 bits per heavy atom. The molecule has 28 heavy (non-hydrogen) atoms. The van der Waals surface area contributed by atoms with E-state index in [-0.39, 0.29) is 18.0 Å². The van der Waals surface area contributed by atoms with Gasteiger partial charge in [0.1, 0.15) is 5.52 Å². The lowest BCUT2D eigenvalue weighted by molar-refractivity contribution is 0.0601. The fourth-order valence-electron chi connectivity index (χ4n) is 4.01. The molecule has 0 N–H and O–H groups in total. The Kier molecular flexibility index (Phi) is 5.37. The Morgan fingerprint density at radius 1 is 1.21 bits per heavy atom. The molecule has 6 nitrogen and oxygen atoms in total. The van der Waals surface area contributed by atoms with Crippen molar-refractivity contribution in [1.29, 1.82) is 0 Å². The Balaban J connectivity index is 1.52. The number of piperidine rings is 1. The third-order valence-electron chi connectivity index (χ3n) is 5.56. The van der Waals surface area contributed by atoms with Crippen molar-refractivity contribution in [3.8, 4) is 0 Å². The van der Waals surface area contributed by atoms with E-state index < -0.39 is 0 Å². The van der Waals surface area contributed by atoms with Gasteiger partial charge in [-0.1, -0.05) is 6.07 Å². The van der Waals surface area contributed by atoms with Gasteiger partial charge in [-0.3, -0.25) is 9.78 Å². The van der Waals surface area contributed by atoms with Crippen LogP contribution < -0.4 is 0 Å². The highest BCUT2D eigenvalue weighted by Crippen LogP contribution is 2.24. The average Bonchev–Trinajstić information content (AvgIpc) is 3.16. The van der Waals surface area contributed by atoms with E-state index in [0.717, 1.165) is 49.1 Å². The van der Waals surface area contributed by atoms with Crippen LogP contribution in [0, 0.1) is 0 Å². The zero-order valence-electron chi connectivity index (χ0n) is 16.6. The quantitative estimate of drug-likeness (QED) is 0.673. The van der Waals surface area contributed by atoms with Gasteiger partial charge in [0.15, 0.2) is 5.65 Å². The SMILES string of the molecule is CC(C)n1cnc2cc(C(=O)N3CCCCC3CCc3ccccn3)cnc21. The fourth-order valence-corrected chi connectivity index (χ4v) is 4.01. The summed E-state index contributed by atoms with van der Waals surface area (Å²) in [5.41, 5.74) is 3.33. The van der Waals surface area contributed by atoms with Gasteiger partial charge < -0.3 is 9.47 Å². The van der Waals surface area contributed by atoms with Crippen LogP contribution in [0.2, 0.25) is 0 Å². The summed E-state index contributed by atoms with van der Waals surface area (Å²) in [6.45, 7) is 5.01. The topological polar surface area (TPSA) is 63.9 Å². The summed E-state index contributed by atoms with van der Waals surface area (Å²) in [6.07, 6.45) is 10.5. The summed E-state index contributed by atoms with van der Waals surface area (Å²) in [7, 11) is 0. The second kappa shape index (κ2) is 8.09. The number of nitrogens with zero attached hydrogens (tertiary/aromatic N) is 5. The van der Waals surface area contributed by atoms with Crippen LogP contribution >= 0.6 is 0 Å². The maximum atomic E-state index is 13.2. The van der Waals surface area contributed by atoms with E-state index in [9.17, 15) is 4.79 Å². The van der Waals surface area contributed by atoms with Crippen LogP contribution in [0.4, 0.5) is 0 Å². The van der Waals surface area contributed by atoms with Gasteiger partial charge >= 0.3 is 0 Å². The highest BCUT2D eigenvalue weighted by atomic mass is 16.2. The molecule has 3 aromatic rings. The molecular formula is C22H27N5O. The van der Waals surface area contributed by atoms with E-state index in [1.807, 2.05) is 33.9 Å². The second-order valence-corrected chi connectivity index (χ2v) is 7.82. The molecular weight excluding hydrogens is 350 g/mol. The maximum absolute atomic E-state index is 13.2. The Bertz CT molecular complexity index is 950. The molecule has 1 unspecified atom stereocenters. The molecule has 0 aliphatic carbocycles. The first-order chi connectivity index (χ1) is 13.6. The number of carbonyl (C=O) groups is 1. The predicted octanol–water partition coefficient (Wildman–Crippen LogP) is 4.03. The summed E-state index contributed by atoms with van der Waals surface area (Å²) < 4.78 is 2.03. The number of hydrogen-bond acceptors (Lipinski definition) is 4. The number of aryl methyl sites for hydroxylation is 1. The minimum Gasteiger partial charge on any atom is -0.336 e. The van der Waals surface area contributed by atoms with Crippen LogP contribution in [0.15, 0.2) is 43.0 Å². The number of rotatable bonds is 5. The minimum absolute atomic E-state index is 0.0687. The standard InChI is InChI=1S/C22H27N5O/c1-16(2)27-15-25-20-13-17(14-24-21(20)27)22(28)26-12-6-4-8-19(26)10-9-18-7-3-5-11-23-18/h3,5,7,11,13-16,19H,4,6,8-10,12H2,1-2H3. The molecule has 0 radical (unpaired) electrons. The summed E-state index contributed by atoms with van der Waals surface area (Å²) >= 11 is 0. The molecule has 0 bridgehead atoms. The number of amides is 1. The van der Waals surface area contributed by atoms with Gasteiger partial charge in [-0.05, 0) is 64.2 Å². The van der Waals surface area contributed by atoms with Crippen LogP contribution in [-0.4, -0.2) is 42.9 Å². The molecule has 1 aliphatic heterocycles. The Hall–Kier alpha value is -2.76. The van der Waals surface area contributed by atoms with Crippen LogP contribution in [0.5, 0.6) is 0 Å². The summed E-state index contributed by atoms with van der Waals surface area (Å²) in [4.78, 5) is 28.7. The first-order valence-corrected chi connectivity index (χ1v) is 10.2. The molecule has 1 saturated heterocycles. The number of pyridine rings is 2. The lowest BCUT2D eigenvalue weighted by Gasteiger charge is -2.36. The Labute approximate surface area is 165 Å². The van der Waals surface area contributed by atoms with Gasteiger partial charge in [0.2, 0.25) is 0 Å². The van der Waals surface area contributed by atoms with E-state index in [4.69, 9.17) is 0 Å². The summed E-state index contributed by atoms with van der Waals surface area (Å²) in [5, 5.41) is 0. The average molecular weight is 377 g/mol. The smallest absolute Gasteiger partial charge is 0.255 e. The number of hydrogen-bond donors (Lipinski definition) is 0. The normalized spacial score (nSPS) is 17.4. The maximum Gasteiger partial charge on any atom is 0.255 e. The highest BCUT2D eigenvalue weighted by Gasteiger charge is 2.28. The van der Waals surface area contributed by atoms with Crippen molar-refractivity contribution in [2.24, 2.45) is 0 Å². The van der Waals surface area contributed by atoms with Gasteiger partial charge in [0.05, 0.1) is 11.9 Å². The molecule has 0 aromatic carbocycles. The molecule has 3 aromatic heterocycles. The first-order valence-electron chi connectivity index (χ1n) is 10.2. The van der Waals surface area contributed by atoms with Crippen molar-refractivity contribution in [1.82, 2.24) is 24.4 Å². The van der Waals surface area contributed by atoms with Gasteiger partial charge in [0.25, 0.3) is 5.91 Å². The van der Waals surface area contributed by atoms with Crippen molar-refractivity contribution < 1.29 is 4.79 Å². The molecule has 1 fully saturated rings. The van der Waals surface area contributed by atoms with Crippen LogP contribution in [0.3, 0.4) is 0 Å². The summed E-state index contributed by atoms with van der Waals surface area (Å²) in [5.74, 6) is 0.0687. The monoisotopic (exact) mass is 377 g/mol. The van der Waals surface area contributed by atoms with Crippen molar-refractivity contribution >= 4 is 17.1 Å². The van der Waals surface area contributed by atoms with Crippen molar-refractivity contribution in [3.05, 3.63) is 54.2 Å². The first kappa shape index (κ1) is 18.6. The van der Waals surface area contributed by atoms with E-state index in [1.54, 1.807) is 12.5 Å². The predicted molar refractivity (Wildman–Crippen MR) is 109 cm³/mol. The van der Waals surface area contributed by atoms with E-state index in [0.29, 0.717) is 5.56 Å². The van der Waals surface area contributed by atoms with Crippen LogP contribution in [0.1, 0.15) is 61.6 Å². The van der Waals surface area contributed by atoms with Crippen LogP contribution in [-0.2, 0) is 6.42 Å². The third-order valence-corrected chi connectivity index (χ3v) is 5.56. The highest BCUT2D eigenvalue weighted by molar-refractivity contribution is 5.96. The molecule has 4 heterocycles. The van der Waals surface area contributed by atoms with Gasteiger partial charge in [-0.25, -0.2) is 9.97 Å². The van der Waals surface area contributed by atoms with Crippen LogP contribution in [0.25, 0.3) is 11.2 Å². The number of imidazole rings is 1. The van der Waals surface area contributed by atoms with Crippen molar-refractivity contribution in [3.63, 3.8) is 0 Å². The van der Waals surface area contributed by atoms with Crippen molar-refractivity contribution in [2.45, 2.75) is 58.0 Å². The largest absolute Gasteiger partial charge is 0.336 e. The molecule has 1 atom stereocenters. The zero-order chi connectivity index (χ0) is 19.5. The molecule has 4 rings (SSSR count). The number of fused-ring (bicyclic) bond motifs is 1. The van der Waals surface area contributed by atoms with E-state index in [2.05, 4.69) is 34.9 Å². The van der Waals surface area contributed by atoms with Gasteiger partial charge in [-0.15, -0.1) is 0 Å². The fraction of sp³-hybridized carbons (Fsp3) is 0.455. The third kappa shape index (κ3) is 3.77. The van der Waals surface area contributed by atoms with Gasteiger partial charge in [-0.2, -0.15) is 0 Å². The number of likely N-dealkylation sites (tertiary alicyclic amines) is 1. The Morgan fingerprint density at radius 2 is 2.11 bits per heavy atom. The second-order valence-electron chi connectivity index (χ2n) is 7.82. The molecule has 0 saturated carbocycles. The minimum atomic E-state index is 0.0687. The molecule has 146 valence electrons. The number of carbonyl (C=O) groups excluding carboxylic acids is 1. The molecule has 1 amide bonds. The lowest BCUT2D eigenvalue weighted by atomic mass is 9.96. The molecule has 1 aliphatic rings. The lowest BCUT2D eigenvalue weighted by Crippen LogP contribution is -2.44. The number of aromatic nitrogens is 4.